The molecule has 1 aromatic heterocycles. The van der Waals surface area contributed by atoms with Crippen LogP contribution in [0.25, 0.3) is 11.5 Å². The molecule has 0 saturated heterocycles. The van der Waals surface area contributed by atoms with Gasteiger partial charge in [0, 0.05) is 5.56 Å². The van der Waals surface area contributed by atoms with E-state index >= 15 is 0 Å². The topological polar surface area (TPSA) is 26.0 Å². The average Bonchev–Trinajstić information content (AvgIpc) is 2.70. The molecule has 0 atom stereocenters. The molecule has 1 heterocycles. The lowest BCUT2D eigenvalue weighted by Gasteiger charge is -1.98. The largest absolute Gasteiger partial charge is 0.444 e. The van der Waals surface area contributed by atoms with Crippen LogP contribution >= 0.6 is 11.6 Å². The second-order valence-corrected chi connectivity index (χ2v) is 3.51. The third-order valence-electron chi connectivity index (χ3n) is 2.09. The van der Waals surface area contributed by atoms with Crippen LogP contribution in [0.3, 0.4) is 0 Å². The molecule has 4 heteroatoms. The first-order valence-electron chi connectivity index (χ1n) is 4.47. The zero-order chi connectivity index (χ0) is 10.8. The summed E-state index contributed by atoms with van der Waals surface area (Å²) in [6.07, 6.45) is 1.50. The molecule has 0 aliphatic rings. The lowest BCUT2D eigenvalue weighted by Crippen LogP contribution is -1.85. The zero-order valence-corrected chi connectivity index (χ0v) is 8.88. The molecule has 0 N–H and O–H groups in total. The fourth-order valence-electron chi connectivity index (χ4n) is 1.28. The molecule has 0 radical (unpaired) electrons. The lowest BCUT2D eigenvalue weighted by molar-refractivity contribution is 0.572. The van der Waals surface area contributed by atoms with Gasteiger partial charge in [-0.15, -0.1) is 11.6 Å². The Kier molecular flexibility index (Phi) is 2.73. The van der Waals surface area contributed by atoms with Gasteiger partial charge in [0.05, 0.1) is 11.6 Å². The second kappa shape index (κ2) is 4.03. The van der Waals surface area contributed by atoms with Crippen molar-refractivity contribution in [3.05, 3.63) is 41.5 Å². The van der Waals surface area contributed by atoms with Gasteiger partial charge in [0.15, 0.2) is 0 Å². The molecule has 0 saturated carbocycles. The van der Waals surface area contributed by atoms with E-state index in [2.05, 4.69) is 4.98 Å². The van der Waals surface area contributed by atoms with Crippen LogP contribution in [0.5, 0.6) is 0 Å². The van der Waals surface area contributed by atoms with E-state index < -0.39 is 0 Å². The van der Waals surface area contributed by atoms with Gasteiger partial charge in [0.2, 0.25) is 5.89 Å². The van der Waals surface area contributed by atoms with Gasteiger partial charge < -0.3 is 4.42 Å². The number of oxazole rings is 1. The maximum Gasteiger partial charge on any atom is 0.226 e. The van der Waals surface area contributed by atoms with Crippen molar-refractivity contribution in [3.63, 3.8) is 0 Å². The third-order valence-corrected chi connectivity index (χ3v) is 2.37. The maximum absolute atomic E-state index is 13.0. The summed E-state index contributed by atoms with van der Waals surface area (Å²) >= 11 is 5.60. The Morgan fingerprint density at radius 3 is 2.87 bits per heavy atom. The van der Waals surface area contributed by atoms with Crippen LogP contribution in [-0.2, 0) is 5.88 Å². The molecule has 2 nitrogen and oxygen atoms in total. The standard InChI is InChI=1S/C11H9ClFNO/c1-7-4-8(2-3-10(7)13)11-14-9(5-12)6-15-11/h2-4,6H,5H2,1H3. The fraction of sp³-hybridized carbons (Fsp3) is 0.182. The molecule has 1 aromatic carbocycles. The van der Waals surface area contributed by atoms with E-state index in [1.165, 1.54) is 12.3 Å². The molecule has 0 unspecified atom stereocenters. The summed E-state index contributed by atoms with van der Waals surface area (Å²) in [6.45, 7) is 1.70. The highest BCUT2D eigenvalue weighted by atomic mass is 35.5. The number of aromatic nitrogens is 1. The third kappa shape index (κ3) is 2.02. The summed E-state index contributed by atoms with van der Waals surface area (Å²) < 4.78 is 18.2. The van der Waals surface area contributed by atoms with Crippen LogP contribution in [-0.4, -0.2) is 4.98 Å². The number of hydrogen-bond donors (Lipinski definition) is 0. The molecular formula is C11H9ClFNO. The number of nitrogens with zero attached hydrogens (tertiary/aromatic N) is 1. The van der Waals surface area contributed by atoms with E-state index in [4.69, 9.17) is 16.0 Å². The molecule has 2 aromatic rings. The van der Waals surface area contributed by atoms with E-state index in [0.29, 0.717) is 23.0 Å². The van der Waals surface area contributed by atoms with Crippen molar-refractivity contribution < 1.29 is 8.81 Å². The highest BCUT2D eigenvalue weighted by Crippen LogP contribution is 2.21. The molecule has 0 bridgehead atoms. The monoisotopic (exact) mass is 225 g/mol. The van der Waals surface area contributed by atoms with E-state index in [1.54, 1.807) is 19.1 Å². The number of halogens is 2. The minimum absolute atomic E-state index is 0.233. The van der Waals surface area contributed by atoms with E-state index in [9.17, 15) is 4.39 Å². The van der Waals surface area contributed by atoms with Gasteiger partial charge in [0.25, 0.3) is 0 Å². The Morgan fingerprint density at radius 1 is 1.47 bits per heavy atom. The van der Waals surface area contributed by atoms with E-state index in [-0.39, 0.29) is 5.82 Å². The normalized spacial score (nSPS) is 10.6. The second-order valence-electron chi connectivity index (χ2n) is 3.24. The number of benzene rings is 1. The van der Waals surface area contributed by atoms with Crippen LogP contribution in [0.1, 0.15) is 11.3 Å². The highest BCUT2D eigenvalue weighted by Gasteiger charge is 2.07. The lowest BCUT2D eigenvalue weighted by atomic mass is 10.1. The summed E-state index contributed by atoms with van der Waals surface area (Å²) in [5.41, 5.74) is 2.00. The smallest absolute Gasteiger partial charge is 0.226 e. The average molecular weight is 226 g/mol. The molecular weight excluding hydrogens is 217 g/mol. The number of alkyl halides is 1. The predicted octanol–water partition coefficient (Wildman–Crippen LogP) is 3.53. The molecule has 0 fully saturated rings. The maximum atomic E-state index is 13.0. The minimum atomic E-state index is -0.233. The Hall–Kier alpha value is -1.35. The van der Waals surface area contributed by atoms with Gasteiger partial charge in [-0.25, -0.2) is 9.37 Å². The van der Waals surface area contributed by atoms with Crippen LogP contribution in [0.4, 0.5) is 4.39 Å². The summed E-state index contributed by atoms with van der Waals surface area (Å²) in [5.74, 6) is 0.542. The first-order chi connectivity index (χ1) is 7.20. The predicted molar refractivity (Wildman–Crippen MR) is 56.2 cm³/mol. The highest BCUT2D eigenvalue weighted by molar-refractivity contribution is 6.16. The number of rotatable bonds is 2. The van der Waals surface area contributed by atoms with Crippen LogP contribution < -0.4 is 0 Å². The van der Waals surface area contributed by atoms with Crippen LogP contribution in [0.15, 0.2) is 28.9 Å². The SMILES string of the molecule is Cc1cc(-c2nc(CCl)co2)ccc1F. The van der Waals surface area contributed by atoms with Crippen molar-refractivity contribution in [2.24, 2.45) is 0 Å². The van der Waals surface area contributed by atoms with Gasteiger partial charge >= 0.3 is 0 Å². The Bertz CT molecular complexity index is 481. The number of aryl methyl sites for hydroxylation is 1. The first-order valence-corrected chi connectivity index (χ1v) is 5.01. The molecule has 0 amide bonds. The van der Waals surface area contributed by atoms with Gasteiger partial charge in [-0.2, -0.15) is 0 Å². The van der Waals surface area contributed by atoms with Crippen molar-refractivity contribution in [1.29, 1.82) is 0 Å². The van der Waals surface area contributed by atoms with Crippen molar-refractivity contribution in [1.82, 2.24) is 4.98 Å². The van der Waals surface area contributed by atoms with E-state index in [0.717, 1.165) is 5.56 Å². The number of hydrogen-bond acceptors (Lipinski definition) is 2. The quantitative estimate of drug-likeness (QED) is 0.731. The van der Waals surface area contributed by atoms with Crippen molar-refractivity contribution in [2.75, 3.05) is 0 Å². The molecule has 15 heavy (non-hydrogen) atoms. The van der Waals surface area contributed by atoms with Gasteiger partial charge in [-0.1, -0.05) is 0 Å². The van der Waals surface area contributed by atoms with Crippen molar-refractivity contribution in [3.8, 4) is 11.5 Å². The van der Waals surface area contributed by atoms with Crippen LogP contribution in [0.2, 0.25) is 0 Å². The zero-order valence-electron chi connectivity index (χ0n) is 8.13. The Balaban J connectivity index is 2.40. The molecule has 2 rings (SSSR count). The minimum Gasteiger partial charge on any atom is -0.444 e. The molecule has 78 valence electrons. The van der Waals surface area contributed by atoms with Gasteiger partial charge in [0.1, 0.15) is 12.1 Å². The van der Waals surface area contributed by atoms with Gasteiger partial charge in [-0.3, -0.25) is 0 Å². The van der Waals surface area contributed by atoms with E-state index in [1.807, 2.05) is 0 Å². The fourth-order valence-corrected chi connectivity index (χ4v) is 1.40. The Morgan fingerprint density at radius 2 is 2.27 bits per heavy atom. The molecule has 0 aliphatic heterocycles. The summed E-state index contributed by atoms with van der Waals surface area (Å²) in [4.78, 5) is 4.15. The van der Waals surface area contributed by atoms with Crippen LogP contribution in [0, 0.1) is 12.7 Å². The molecule has 0 spiro atoms. The summed E-state index contributed by atoms with van der Waals surface area (Å²) in [6, 6.07) is 4.72. The first kappa shape index (κ1) is 10.2. The summed E-state index contributed by atoms with van der Waals surface area (Å²) in [7, 11) is 0. The van der Waals surface area contributed by atoms with Crippen molar-refractivity contribution >= 4 is 11.6 Å². The van der Waals surface area contributed by atoms with Crippen molar-refractivity contribution in [2.45, 2.75) is 12.8 Å². The molecule has 0 aliphatic carbocycles. The Labute approximate surface area is 91.7 Å². The summed E-state index contributed by atoms with van der Waals surface area (Å²) in [5, 5.41) is 0. The van der Waals surface area contributed by atoms with Gasteiger partial charge in [-0.05, 0) is 30.7 Å².